The Hall–Kier alpha value is -1.02. The van der Waals surface area contributed by atoms with Gasteiger partial charge in [-0.25, -0.2) is 0 Å². The Morgan fingerprint density at radius 2 is 2.00 bits per heavy atom. The summed E-state index contributed by atoms with van der Waals surface area (Å²) in [6, 6.07) is 6.06. The van der Waals surface area contributed by atoms with Crippen molar-refractivity contribution < 1.29 is 9.84 Å². The van der Waals surface area contributed by atoms with Crippen molar-refractivity contribution in [3.05, 3.63) is 29.3 Å². The van der Waals surface area contributed by atoms with E-state index in [1.165, 1.54) is 24.8 Å². The van der Waals surface area contributed by atoms with E-state index < -0.39 is 0 Å². The zero-order chi connectivity index (χ0) is 12.0. The van der Waals surface area contributed by atoms with Crippen molar-refractivity contribution >= 4 is 0 Å². The van der Waals surface area contributed by atoms with Crippen LogP contribution in [0.25, 0.3) is 0 Å². The van der Waals surface area contributed by atoms with Gasteiger partial charge in [0.2, 0.25) is 0 Å². The first-order chi connectivity index (χ1) is 8.22. The molecule has 1 aromatic carbocycles. The molecule has 0 radical (unpaired) electrons. The third-order valence-electron chi connectivity index (χ3n) is 4.54. The van der Waals surface area contributed by atoms with Crippen molar-refractivity contribution in [2.45, 2.75) is 32.3 Å². The summed E-state index contributed by atoms with van der Waals surface area (Å²) < 4.78 is 5.36. The molecular weight excluding hydrogens is 212 g/mol. The number of hydrogen-bond donors (Lipinski definition) is 1. The molecule has 0 amide bonds. The zero-order valence-electron chi connectivity index (χ0n) is 10.5. The smallest absolute Gasteiger partial charge is 0.124 e. The Morgan fingerprint density at radius 1 is 1.29 bits per heavy atom. The SMILES string of the molecule is COc1ccc(C)cc1C(O)C1C2CCCC21. The van der Waals surface area contributed by atoms with Gasteiger partial charge in [0.15, 0.2) is 0 Å². The van der Waals surface area contributed by atoms with Crippen LogP contribution in [-0.4, -0.2) is 12.2 Å². The summed E-state index contributed by atoms with van der Waals surface area (Å²) in [6.07, 6.45) is 3.63. The van der Waals surface area contributed by atoms with Crippen LogP contribution in [0.5, 0.6) is 5.75 Å². The van der Waals surface area contributed by atoms with Crippen molar-refractivity contribution in [1.29, 1.82) is 0 Å². The third-order valence-corrected chi connectivity index (χ3v) is 4.54. The number of rotatable bonds is 3. The maximum atomic E-state index is 10.5. The first-order valence-electron chi connectivity index (χ1n) is 6.55. The van der Waals surface area contributed by atoms with Crippen LogP contribution in [-0.2, 0) is 0 Å². The van der Waals surface area contributed by atoms with Crippen LogP contribution in [0, 0.1) is 24.7 Å². The van der Waals surface area contributed by atoms with Gasteiger partial charge >= 0.3 is 0 Å². The maximum Gasteiger partial charge on any atom is 0.124 e. The fourth-order valence-corrected chi connectivity index (χ4v) is 3.64. The van der Waals surface area contributed by atoms with Gasteiger partial charge in [-0.1, -0.05) is 18.1 Å². The highest BCUT2D eigenvalue weighted by Crippen LogP contribution is 2.62. The van der Waals surface area contributed by atoms with Crippen molar-refractivity contribution in [3.8, 4) is 5.75 Å². The van der Waals surface area contributed by atoms with Crippen LogP contribution < -0.4 is 4.74 Å². The molecule has 0 aromatic heterocycles. The summed E-state index contributed by atoms with van der Waals surface area (Å²) in [5.41, 5.74) is 2.16. The van der Waals surface area contributed by atoms with E-state index in [1.807, 2.05) is 12.1 Å². The van der Waals surface area contributed by atoms with E-state index in [4.69, 9.17) is 4.74 Å². The lowest BCUT2D eigenvalue weighted by Crippen LogP contribution is -2.06. The summed E-state index contributed by atoms with van der Waals surface area (Å²) >= 11 is 0. The number of aliphatic hydroxyl groups is 1. The van der Waals surface area contributed by atoms with E-state index in [0.717, 1.165) is 23.1 Å². The Bertz CT molecular complexity index is 417. The Balaban J connectivity index is 1.85. The number of benzene rings is 1. The third kappa shape index (κ3) is 1.75. The number of ether oxygens (including phenoxy) is 1. The van der Waals surface area contributed by atoms with Crippen LogP contribution >= 0.6 is 0 Å². The van der Waals surface area contributed by atoms with Crippen LogP contribution in [0.15, 0.2) is 18.2 Å². The minimum atomic E-state index is -0.333. The lowest BCUT2D eigenvalue weighted by atomic mass is 9.97. The van der Waals surface area contributed by atoms with E-state index in [-0.39, 0.29) is 6.10 Å². The van der Waals surface area contributed by atoms with E-state index in [2.05, 4.69) is 13.0 Å². The molecule has 0 bridgehead atoms. The molecule has 3 unspecified atom stereocenters. The number of hydrogen-bond acceptors (Lipinski definition) is 2. The average molecular weight is 232 g/mol. The molecule has 2 fully saturated rings. The lowest BCUT2D eigenvalue weighted by Gasteiger charge is -2.17. The molecule has 2 aliphatic carbocycles. The van der Waals surface area contributed by atoms with Crippen LogP contribution in [0.2, 0.25) is 0 Å². The summed E-state index contributed by atoms with van der Waals surface area (Å²) in [7, 11) is 1.68. The minimum Gasteiger partial charge on any atom is -0.496 e. The molecule has 0 heterocycles. The second-order valence-electron chi connectivity index (χ2n) is 5.53. The Labute approximate surface area is 103 Å². The molecule has 2 nitrogen and oxygen atoms in total. The van der Waals surface area contributed by atoms with Crippen LogP contribution in [0.3, 0.4) is 0 Å². The molecule has 2 saturated carbocycles. The van der Waals surface area contributed by atoms with Gasteiger partial charge in [-0.3, -0.25) is 0 Å². The number of aliphatic hydroxyl groups excluding tert-OH is 1. The van der Waals surface area contributed by atoms with Gasteiger partial charge in [0.25, 0.3) is 0 Å². The van der Waals surface area contributed by atoms with Gasteiger partial charge in [-0.15, -0.1) is 0 Å². The zero-order valence-corrected chi connectivity index (χ0v) is 10.5. The summed E-state index contributed by atoms with van der Waals surface area (Å²) in [4.78, 5) is 0. The molecule has 17 heavy (non-hydrogen) atoms. The highest BCUT2D eigenvalue weighted by molar-refractivity contribution is 5.39. The van der Waals surface area contributed by atoms with Crippen molar-refractivity contribution in [1.82, 2.24) is 0 Å². The normalized spacial score (nSPS) is 32.1. The predicted octanol–water partition coefficient (Wildman–Crippen LogP) is 3.08. The van der Waals surface area contributed by atoms with E-state index >= 15 is 0 Å². The van der Waals surface area contributed by atoms with Crippen molar-refractivity contribution in [3.63, 3.8) is 0 Å². The number of fused-ring (bicyclic) bond motifs is 1. The van der Waals surface area contributed by atoms with E-state index in [0.29, 0.717) is 5.92 Å². The number of methoxy groups -OCH3 is 1. The quantitative estimate of drug-likeness (QED) is 0.867. The first-order valence-corrected chi connectivity index (χ1v) is 6.55. The fourth-order valence-electron chi connectivity index (χ4n) is 3.64. The first kappa shape index (κ1) is 11.1. The second kappa shape index (κ2) is 4.02. The molecule has 3 atom stereocenters. The van der Waals surface area contributed by atoms with Gasteiger partial charge in [0.05, 0.1) is 13.2 Å². The van der Waals surface area contributed by atoms with Crippen LogP contribution in [0.4, 0.5) is 0 Å². The summed E-state index contributed by atoms with van der Waals surface area (Å²) in [6.45, 7) is 2.06. The van der Waals surface area contributed by atoms with Gasteiger partial charge in [0, 0.05) is 5.56 Å². The van der Waals surface area contributed by atoms with E-state index in [1.54, 1.807) is 7.11 Å². The maximum absolute atomic E-state index is 10.5. The van der Waals surface area contributed by atoms with Gasteiger partial charge in [0.1, 0.15) is 5.75 Å². The van der Waals surface area contributed by atoms with Gasteiger partial charge < -0.3 is 9.84 Å². The second-order valence-corrected chi connectivity index (χ2v) is 5.53. The Kier molecular flexibility index (Phi) is 2.62. The molecular formula is C15H20O2. The monoisotopic (exact) mass is 232 g/mol. The van der Waals surface area contributed by atoms with Crippen LogP contribution in [0.1, 0.15) is 36.5 Å². The average Bonchev–Trinajstić information content (AvgIpc) is 2.81. The highest BCUT2D eigenvalue weighted by atomic mass is 16.5. The fraction of sp³-hybridized carbons (Fsp3) is 0.600. The molecule has 0 saturated heterocycles. The summed E-state index contributed by atoms with van der Waals surface area (Å²) in [5, 5.41) is 10.5. The molecule has 3 rings (SSSR count). The van der Waals surface area contributed by atoms with E-state index in [9.17, 15) is 5.11 Å². The highest BCUT2D eigenvalue weighted by Gasteiger charge is 2.56. The van der Waals surface area contributed by atoms with Crippen molar-refractivity contribution in [2.75, 3.05) is 7.11 Å². The van der Waals surface area contributed by atoms with Gasteiger partial charge in [-0.05, 0) is 49.7 Å². The Morgan fingerprint density at radius 3 is 2.65 bits per heavy atom. The summed E-state index contributed by atoms with van der Waals surface area (Å²) in [5.74, 6) is 2.86. The minimum absolute atomic E-state index is 0.333. The molecule has 0 spiro atoms. The number of aryl methyl sites for hydroxylation is 1. The topological polar surface area (TPSA) is 29.5 Å². The molecule has 2 heteroatoms. The molecule has 1 N–H and O–H groups in total. The largest absolute Gasteiger partial charge is 0.496 e. The van der Waals surface area contributed by atoms with Crippen molar-refractivity contribution in [2.24, 2.45) is 17.8 Å². The standard InChI is InChI=1S/C15H20O2/c1-9-6-7-13(17-2)12(8-9)15(16)14-10-4-3-5-11(10)14/h6-8,10-11,14-16H,3-5H2,1-2H3. The molecule has 2 aliphatic rings. The predicted molar refractivity (Wildman–Crippen MR) is 67.0 cm³/mol. The molecule has 1 aromatic rings. The van der Waals surface area contributed by atoms with Gasteiger partial charge in [-0.2, -0.15) is 0 Å². The lowest BCUT2D eigenvalue weighted by molar-refractivity contribution is 0.133. The molecule has 92 valence electrons. The molecule has 0 aliphatic heterocycles.